The summed E-state index contributed by atoms with van der Waals surface area (Å²) in [4.78, 5) is 47.5. The number of hydrogen-bond donors (Lipinski definition) is 1. The molecule has 0 unspecified atom stereocenters. The summed E-state index contributed by atoms with van der Waals surface area (Å²) in [5.41, 5.74) is 2.70. The summed E-state index contributed by atoms with van der Waals surface area (Å²) in [6.07, 6.45) is 3.50. The lowest BCUT2D eigenvalue weighted by molar-refractivity contribution is -0.130. The van der Waals surface area contributed by atoms with E-state index in [2.05, 4.69) is 20.5 Å². The molecule has 0 saturated heterocycles. The van der Waals surface area contributed by atoms with Gasteiger partial charge < -0.3 is 19.7 Å². The van der Waals surface area contributed by atoms with Gasteiger partial charge in [-0.15, -0.1) is 5.10 Å². The Labute approximate surface area is 262 Å². The van der Waals surface area contributed by atoms with Crippen LogP contribution in [0.15, 0.2) is 67.0 Å². The molecule has 0 fully saturated rings. The SMILES string of the molecule is COc1ccc2cc(-c3nccnn3)ccc2c1CN1C(=O)[C@@H](NC(=O)[C@H](C)N(C)C(=O)OC(C)(C)C)CCc2ccccc21. The number of likely N-dealkylation sites (N-methyl/N-ethyl adjacent to an activating group) is 1. The van der Waals surface area contributed by atoms with Gasteiger partial charge in [0.25, 0.3) is 0 Å². The Balaban J connectivity index is 1.46. The fraction of sp³-hybridized carbons (Fsp3) is 0.353. The molecule has 234 valence electrons. The Bertz CT molecular complexity index is 1720. The molecule has 1 aliphatic heterocycles. The molecule has 1 aliphatic rings. The number of methoxy groups -OCH3 is 1. The standard InChI is InChI=1S/C34H38N6O5/c1-21(39(5)33(43)45-34(2,3)4)31(41)37-27-15-12-22-9-7-8-10-28(22)40(32(27)42)20-26-25-14-11-24(30-35-17-18-36-38-30)19-23(25)13-16-29(26)44-6/h7-11,13-14,16-19,21,27H,12,15,20H2,1-6H3,(H,37,41)/t21-,27-/m0/s1. The summed E-state index contributed by atoms with van der Waals surface area (Å²) in [6, 6.07) is 15.8. The molecule has 3 aromatic carbocycles. The van der Waals surface area contributed by atoms with E-state index in [0.29, 0.717) is 24.4 Å². The van der Waals surface area contributed by atoms with Crippen LogP contribution in [0.2, 0.25) is 0 Å². The van der Waals surface area contributed by atoms with Crippen molar-refractivity contribution in [2.45, 2.75) is 64.8 Å². The zero-order valence-corrected chi connectivity index (χ0v) is 26.4. The van der Waals surface area contributed by atoms with Gasteiger partial charge in [-0.05, 0) is 75.1 Å². The van der Waals surface area contributed by atoms with Gasteiger partial charge in [0.2, 0.25) is 11.8 Å². The first-order valence-corrected chi connectivity index (χ1v) is 14.9. The van der Waals surface area contributed by atoms with Gasteiger partial charge >= 0.3 is 6.09 Å². The van der Waals surface area contributed by atoms with Crippen molar-refractivity contribution in [1.82, 2.24) is 25.4 Å². The molecule has 11 nitrogen and oxygen atoms in total. The molecule has 45 heavy (non-hydrogen) atoms. The van der Waals surface area contributed by atoms with E-state index in [9.17, 15) is 14.4 Å². The van der Waals surface area contributed by atoms with Crippen LogP contribution < -0.4 is 15.0 Å². The second-order valence-electron chi connectivity index (χ2n) is 12.1. The zero-order valence-electron chi connectivity index (χ0n) is 26.4. The van der Waals surface area contributed by atoms with Crippen molar-refractivity contribution in [2.24, 2.45) is 0 Å². The molecular formula is C34H38N6O5. The van der Waals surface area contributed by atoms with E-state index >= 15 is 0 Å². The van der Waals surface area contributed by atoms with Crippen LogP contribution in [-0.4, -0.2) is 69.8 Å². The summed E-state index contributed by atoms with van der Waals surface area (Å²) < 4.78 is 11.2. The lowest BCUT2D eigenvalue weighted by Crippen LogP contribution is -2.54. The van der Waals surface area contributed by atoms with Crippen LogP contribution in [-0.2, 0) is 27.3 Å². The van der Waals surface area contributed by atoms with Crippen molar-refractivity contribution >= 4 is 34.4 Å². The van der Waals surface area contributed by atoms with E-state index in [1.54, 1.807) is 45.9 Å². The van der Waals surface area contributed by atoms with E-state index in [0.717, 1.165) is 33.2 Å². The Morgan fingerprint density at radius 3 is 2.60 bits per heavy atom. The number of aromatic nitrogens is 3. The number of hydrogen-bond acceptors (Lipinski definition) is 8. The van der Waals surface area contributed by atoms with Gasteiger partial charge in [0.15, 0.2) is 5.82 Å². The summed E-state index contributed by atoms with van der Waals surface area (Å²) in [7, 11) is 3.11. The van der Waals surface area contributed by atoms with Gasteiger partial charge in [0.1, 0.15) is 23.4 Å². The van der Waals surface area contributed by atoms with Gasteiger partial charge in [-0.1, -0.05) is 36.4 Å². The van der Waals surface area contributed by atoms with E-state index in [1.165, 1.54) is 18.1 Å². The molecule has 0 saturated carbocycles. The van der Waals surface area contributed by atoms with Crippen LogP contribution in [0, 0.1) is 0 Å². The van der Waals surface area contributed by atoms with Crippen molar-refractivity contribution in [3.05, 3.63) is 78.1 Å². The summed E-state index contributed by atoms with van der Waals surface area (Å²) in [5.74, 6) is 0.453. The highest BCUT2D eigenvalue weighted by Crippen LogP contribution is 2.35. The fourth-order valence-electron chi connectivity index (χ4n) is 5.38. The highest BCUT2D eigenvalue weighted by Gasteiger charge is 2.35. The van der Waals surface area contributed by atoms with Gasteiger partial charge in [-0.2, -0.15) is 5.10 Å². The molecule has 2 heterocycles. The fourth-order valence-corrected chi connectivity index (χ4v) is 5.38. The summed E-state index contributed by atoms with van der Waals surface area (Å²) in [5, 5.41) is 12.8. The van der Waals surface area contributed by atoms with Gasteiger partial charge in [0.05, 0.1) is 19.9 Å². The van der Waals surface area contributed by atoms with E-state index in [1.807, 2.05) is 54.6 Å². The number of para-hydroxylation sites is 1. The molecule has 1 aromatic heterocycles. The minimum absolute atomic E-state index is 0.207. The van der Waals surface area contributed by atoms with Gasteiger partial charge in [0, 0.05) is 30.1 Å². The number of nitrogens with one attached hydrogen (secondary N) is 1. The second kappa shape index (κ2) is 12.9. The van der Waals surface area contributed by atoms with Crippen LogP contribution >= 0.6 is 0 Å². The number of anilines is 1. The average molecular weight is 611 g/mol. The Hall–Kier alpha value is -5.06. The first-order valence-electron chi connectivity index (χ1n) is 14.9. The van der Waals surface area contributed by atoms with Gasteiger partial charge in [-0.25, -0.2) is 9.78 Å². The molecule has 1 N–H and O–H groups in total. The number of ether oxygens (including phenoxy) is 2. The molecule has 0 bridgehead atoms. The number of benzene rings is 3. The van der Waals surface area contributed by atoms with Crippen molar-refractivity contribution in [1.29, 1.82) is 0 Å². The minimum atomic E-state index is -0.858. The third-order valence-electron chi connectivity index (χ3n) is 7.87. The highest BCUT2D eigenvalue weighted by atomic mass is 16.6. The molecule has 2 atom stereocenters. The lowest BCUT2D eigenvalue weighted by Gasteiger charge is -2.30. The first kappa shape index (κ1) is 31.4. The third-order valence-corrected chi connectivity index (χ3v) is 7.87. The van der Waals surface area contributed by atoms with E-state index in [4.69, 9.17) is 9.47 Å². The maximum absolute atomic E-state index is 14.3. The molecule has 0 aliphatic carbocycles. The largest absolute Gasteiger partial charge is 0.496 e. The predicted octanol–water partition coefficient (Wildman–Crippen LogP) is 4.92. The Morgan fingerprint density at radius 2 is 1.89 bits per heavy atom. The van der Waals surface area contributed by atoms with E-state index in [-0.39, 0.29) is 12.5 Å². The Kier molecular flexibility index (Phi) is 8.99. The molecule has 11 heteroatoms. The Morgan fingerprint density at radius 1 is 1.11 bits per heavy atom. The minimum Gasteiger partial charge on any atom is -0.496 e. The topological polar surface area (TPSA) is 127 Å². The maximum Gasteiger partial charge on any atom is 0.410 e. The van der Waals surface area contributed by atoms with Crippen molar-refractivity contribution in [3.8, 4) is 17.1 Å². The number of carbonyl (C=O) groups is 3. The lowest BCUT2D eigenvalue weighted by atomic mass is 9.99. The predicted molar refractivity (Wildman–Crippen MR) is 171 cm³/mol. The third kappa shape index (κ3) is 6.87. The number of fused-ring (bicyclic) bond motifs is 2. The van der Waals surface area contributed by atoms with Crippen molar-refractivity contribution < 1.29 is 23.9 Å². The van der Waals surface area contributed by atoms with Crippen molar-refractivity contribution in [3.63, 3.8) is 0 Å². The molecule has 0 radical (unpaired) electrons. The van der Waals surface area contributed by atoms with Crippen LogP contribution in [0.3, 0.4) is 0 Å². The number of carbonyl (C=O) groups excluding carboxylic acids is 3. The molecule has 3 amide bonds. The quantitative estimate of drug-likeness (QED) is 0.313. The maximum atomic E-state index is 14.3. The number of aryl methyl sites for hydroxylation is 1. The highest BCUT2D eigenvalue weighted by molar-refractivity contribution is 6.02. The second-order valence-corrected chi connectivity index (χ2v) is 12.1. The normalized spacial score (nSPS) is 15.6. The van der Waals surface area contributed by atoms with E-state index < -0.39 is 29.7 Å². The van der Waals surface area contributed by atoms with Crippen LogP contribution in [0.5, 0.6) is 5.75 Å². The summed E-state index contributed by atoms with van der Waals surface area (Å²) in [6.45, 7) is 7.11. The zero-order chi connectivity index (χ0) is 32.3. The molecule has 5 rings (SSSR count). The number of nitrogens with zero attached hydrogens (tertiary/aromatic N) is 5. The number of rotatable bonds is 7. The van der Waals surface area contributed by atoms with Crippen LogP contribution in [0.4, 0.5) is 10.5 Å². The smallest absolute Gasteiger partial charge is 0.410 e. The molecular weight excluding hydrogens is 572 g/mol. The first-order chi connectivity index (χ1) is 21.5. The van der Waals surface area contributed by atoms with Crippen molar-refractivity contribution in [2.75, 3.05) is 19.1 Å². The molecule has 4 aromatic rings. The monoisotopic (exact) mass is 610 g/mol. The molecule has 0 spiro atoms. The number of amides is 3. The van der Waals surface area contributed by atoms with Crippen LogP contribution in [0.25, 0.3) is 22.2 Å². The summed E-state index contributed by atoms with van der Waals surface area (Å²) >= 11 is 0. The average Bonchev–Trinajstić information content (AvgIpc) is 3.15. The van der Waals surface area contributed by atoms with Crippen LogP contribution in [0.1, 0.15) is 45.2 Å². The van der Waals surface area contributed by atoms with Gasteiger partial charge in [-0.3, -0.25) is 14.5 Å².